The largest absolute Gasteiger partial charge is 0.507 e. The minimum Gasteiger partial charge on any atom is -0.507 e. The highest BCUT2D eigenvalue weighted by Crippen LogP contribution is 2.39. The number of hydrogen-bond acceptors (Lipinski definition) is 4. The van der Waals surface area contributed by atoms with E-state index in [-0.39, 0.29) is 11.6 Å². The first-order valence-corrected chi connectivity index (χ1v) is 4.89. The molecular weight excluding hydrogens is 204 g/mol. The summed E-state index contributed by atoms with van der Waals surface area (Å²) in [6.45, 7) is 5.39. The molecule has 16 heavy (non-hydrogen) atoms. The Bertz CT molecular complexity index is 633. The van der Waals surface area contributed by atoms with Crippen LogP contribution in [-0.2, 0) is 0 Å². The van der Waals surface area contributed by atoms with E-state index in [0.717, 1.165) is 11.1 Å². The summed E-state index contributed by atoms with van der Waals surface area (Å²) >= 11 is 0. The Labute approximate surface area is 92.9 Å². The molecule has 0 amide bonds. The number of fused-ring (bicyclic) bond motifs is 1. The van der Waals surface area contributed by atoms with Crippen LogP contribution in [0.15, 0.2) is 4.42 Å². The number of furan rings is 1. The number of nitrogens with two attached hydrogens (primary N) is 1. The Kier molecular flexibility index (Phi) is 2.06. The van der Waals surface area contributed by atoms with E-state index in [2.05, 4.69) is 0 Å². The van der Waals surface area contributed by atoms with Gasteiger partial charge in [-0.2, -0.15) is 5.26 Å². The fourth-order valence-corrected chi connectivity index (χ4v) is 1.93. The number of benzene rings is 1. The molecule has 0 bridgehead atoms. The number of aromatic hydroxyl groups is 1. The van der Waals surface area contributed by atoms with Crippen molar-refractivity contribution < 1.29 is 9.52 Å². The second kappa shape index (κ2) is 3.17. The summed E-state index contributed by atoms with van der Waals surface area (Å²) in [5.41, 5.74) is 8.71. The molecule has 0 saturated carbocycles. The van der Waals surface area contributed by atoms with E-state index in [1.165, 1.54) is 0 Å². The third-order valence-corrected chi connectivity index (χ3v) is 3.04. The third-order valence-electron chi connectivity index (χ3n) is 3.04. The number of phenols is 1. The Morgan fingerprint density at radius 1 is 1.19 bits per heavy atom. The van der Waals surface area contributed by atoms with E-state index in [1.807, 2.05) is 19.9 Å². The van der Waals surface area contributed by atoms with Gasteiger partial charge in [-0.15, -0.1) is 0 Å². The highest BCUT2D eigenvalue weighted by atomic mass is 16.3. The second-order valence-electron chi connectivity index (χ2n) is 3.88. The lowest BCUT2D eigenvalue weighted by molar-refractivity contribution is 0.467. The zero-order valence-electron chi connectivity index (χ0n) is 9.38. The number of phenolic OH excluding ortho intramolecular Hbond substituents is 1. The molecule has 0 fully saturated rings. The van der Waals surface area contributed by atoms with Crippen LogP contribution in [0.4, 0.5) is 5.88 Å². The molecule has 1 aromatic carbocycles. The first-order valence-electron chi connectivity index (χ1n) is 4.89. The number of anilines is 1. The van der Waals surface area contributed by atoms with Gasteiger partial charge in [-0.3, -0.25) is 0 Å². The van der Waals surface area contributed by atoms with Gasteiger partial charge in [-0.25, -0.2) is 0 Å². The highest BCUT2D eigenvalue weighted by molar-refractivity contribution is 5.95. The maximum atomic E-state index is 9.92. The van der Waals surface area contributed by atoms with Crippen LogP contribution in [0.2, 0.25) is 0 Å². The predicted molar refractivity (Wildman–Crippen MR) is 61.2 cm³/mol. The van der Waals surface area contributed by atoms with E-state index in [4.69, 9.17) is 15.4 Å². The SMILES string of the molecule is Cc1c(O)c(C)c2c(C#N)c(N)oc2c1C. The average Bonchev–Trinajstić information content (AvgIpc) is 2.60. The van der Waals surface area contributed by atoms with Crippen LogP contribution in [0.1, 0.15) is 22.3 Å². The van der Waals surface area contributed by atoms with Crippen LogP contribution in [0.25, 0.3) is 11.0 Å². The molecule has 3 N–H and O–H groups in total. The fourth-order valence-electron chi connectivity index (χ4n) is 1.93. The van der Waals surface area contributed by atoms with Crippen LogP contribution in [0.3, 0.4) is 0 Å². The standard InChI is InChI=1S/C12H12N2O2/c1-5-6(2)11-9(7(3)10(5)15)8(4-13)12(14)16-11/h15H,14H2,1-3H3. The van der Waals surface area contributed by atoms with Crippen molar-refractivity contribution in [3.63, 3.8) is 0 Å². The summed E-state index contributed by atoms with van der Waals surface area (Å²) in [7, 11) is 0. The molecule has 0 radical (unpaired) electrons. The third kappa shape index (κ3) is 1.09. The summed E-state index contributed by atoms with van der Waals surface area (Å²) in [5, 5.41) is 19.5. The monoisotopic (exact) mass is 216 g/mol. The van der Waals surface area contributed by atoms with E-state index in [1.54, 1.807) is 6.92 Å². The lowest BCUT2D eigenvalue weighted by Crippen LogP contribution is -1.89. The van der Waals surface area contributed by atoms with Crippen molar-refractivity contribution in [3.05, 3.63) is 22.3 Å². The lowest BCUT2D eigenvalue weighted by atomic mass is 9.98. The Balaban J connectivity index is 3.10. The summed E-state index contributed by atoms with van der Waals surface area (Å²) in [6.07, 6.45) is 0. The second-order valence-corrected chi connectivity index (χ2v) is 3.88. The summed E-state index contributed by atoms with van der Waals surface area (Å²) in [6, 6.07) is 2.00. The number of nitrogen functional groups attached to an aromatic ring is 1. The molecule has 0 aliphatic rings. The van der Waals surface area contributed by atoms with Crippen LogP contribution in [0.5, 0.6) is 5.75 Å². The van der Waals surface area contributed by atoms with Crippen molar-refractivity contribution >= 4 is 16.9 Å². The summed E-state index contributed by atoms with van der Waals surface area (Å²) < 4.78 is 5.38. The van der Waals surface area contributed by atoms with Gasteiger partial charge in [0.15, 0.2) is 0 Å². The molecule has 2 aromatic rings. The van der Waals surface area contributed by atoms with E-state index in [9.17, 15) is 5.11 Å². The average molecular weight is 216 g/mol. The van der Waals surface area contributed by atoms with E-state index < -0.39 is 0 Å². The van der Waals surface area contributed by atoms with Crippen LogP contribution in [-0.4, -0.2) is 5.11 Å². The first-order chi connectivity index (χ1) is 7.49. The van der Waals surface area contributed by atoms with Gasteiger partial charge >= 0.3 is 0 Å². The van der Waals surface area contributed by atoms with Crippen LogP contribution >= 0.6 is 0 Å². The topological polar surface area (TPSA) is 83.2 Å². The number of nitriles is 1. The Morgan fingerprint density at radius 3 is 2.38 bits per heavy atom. The van der Waals surface area contributed by atoms with Crippen molar-refractivity contribution in [2.24, 2.45) is 0 Å². The normalized spacial score (nSPS) is 10.6. The van der Waals surface area contributed by atoms with E-state index >= 15 is 0 Å². The van der Waals surface area contributed by atoms with Gasteiger partial charge in [-0.05, 0) is 31.9 Å². The molecule has 0 unspecified atom stereocenters. The number of hydrogen-bond donors (Lipinski definition) is 2. The molecule has 0 aliphatic carbocycles. The molecule has 1 aromatic heterocycles. The Hall–Kier alpha value is -2.15. The quantitative estimate of drug-likeness (QED) is 0.708. The molecule has 0 atom stereocenters. The molecular formula is C12H12N2O2. The highest BCUT2D eigenvalue weighted by Gasteiger charge is 2.20. The van der Waals surface area contributed by atoms with Gasteiger partial charge < -0.3 is 15.3 Å². The predicted octanol–water partition coefficient (Wildman–Crippen LogP) is 2.52. The van der Waals surface area contributed by atoms with Gasteiger partial charge in [0.2, 0.25) is 5.88 Å². The van der Waals surface area contributed by atoms with Crippen LogP contribution in [0, 0.1) is 32.1 Å². The molecule has 1 heterocycles. The van der Waals surface area contributed by atoms with Gasteiger partial charge in [0.1, 0.15) is 23.0 Å². The smallest absolute Gasteiger partial charge is 0.209 e. The number of rotatable bonds is 0. The molecule has 0 spiro atoms. The van der Waals surface area contributed by atoms with Gasteiger partial charge in [0, 0.05) is 10.9 Å². The zero-order valence-corrected chi connectivity index (χ0v) is 9.38. The fraction of sp³-hybridized carbons (Fsp3) is 0.250. The summed E-state index contributed by atoms with van der Waals surface area (Å²) in [4.78, 5) is 0. The van der Waals surface area contributed by atoms with Crippen molar-refractivity contribution in [1.82, 2.24) is 0 Å². The van der Waals surface area contributed by atoms with Crippen molar-refractivity contribution in [2.75, 3.05) is 5.73 Å². The molecule has 0 aliphatic heterocycles. The maximum Gasteiger partial charge on any atom is 0.209 e. The molecule has 4 heteroatoms. The number of aryl methyl sites for hydroxylation is 2. The van der Waals surface area contributed by atoms with Gasteiger partial charge in [-0.1, -0.05) is 0 Å². The van der Waals surface area contributed by atoms with Crippen molar-refractivity contribution in [1.29, 1.82) is 5.26 Å². The van der Waals surface area contributed by atoms with E-state index in [0.29, 0.717) is 22.1 Å². The Morgan fingerprint density at radius 2 is 1.81 bits per heavy atom. The van der Waals surface area contributed by atoms with Crippen molar-refractivity contribution in [3.8, 4) is 11.8 Å². The van der Waals surface area contributed by atoms with Gasteiger partial charge in [0.05, 0.1) is 0 Å². The minimum atomic E-state index is 0.105. The van der Waals surface area contributed by atoms with Crippen LogP contribution < -0.4 is 5.73 Å². The zero-order chi connectivity index (χ0) is 12.0. The molecule has 0 saturated heterocycles. The lowest BCUT2D eigenvalue weighted by Gasteiger charge is -2.07. The minimum absolute atomic E-state index is 0.105. The first kappa shape index (κ1) is 10.4. The molecule has 4 nitrogen and oxygen atoms in total. The summed E-state index contributed by atoms with van der Waals surface area (Å²) in [5.74, 6) is 0.302. The molecule has 2 rings (SSSR count). The molecule has 82 valence electrons. The maximum absolute atomic E-state index is 9.92. The van der Waals surface area contributed by atoms with Crippen molar-refractivity contribution in [2.45, 2.75) is 20.8 Å². The number of nitrogens with zero attached hydrogens (tertiary/aromatic N) is 1. The van der Waals surface area contributed by atoms with Gasteiger partial charge in [0.25, 0.3) is 0 Å².